The molecule has 240 valence electrons. The zero-order valence-corrected chi connectivity index (χ0v) is 27.6. The topological polar surface area (TPSA) is 51.0 Å². The fourth-order valence-corrected chi connectivity index (χ4v) is 8.47. The van der Waals surface area contributed by atoms with Gasteiger partial charge >= 0.3 is 0 Å². The van der Waals surface area contributed by atoms with E-state index in [4.69, 9.17) is 18.8 Å². The van der Waals surface area contributed by atoms with E-state index in [-0.39, 0.29) is 12.0 Å². The summed E-state index contributed by atoms with van der Waals surface area (Å²) in [6.45, 7) is 0. The first-order valence-electron chi connectivity index (χ1n) is 17.5. The highest BCUT2D eigenvalue weighted by Gasteiger charge is 2.32. The van der Waals surface area contributed by atoms with Crippen molar-refractivity contribution in [2.24, 2.45) is 9.98 Å². The van der Waals surface area contributed by atoms with Crippen molar-refractivity contribution in [2.75, 3.05) is 0 Å². The number of aliphatic imine (C=N–C) groups is 2. The van der Waals surface area contributed by atoms with Gasteiger partial charge in [-0.3, -0.25) is 4.99 Å². The number of furan rings is 2. The lowest BCUT2D eigenvalue weighted by molar-refractivity contribution is 0.660. The molecule has 4 heteroatoms. The van der Waals surface area contributed by atoms with Gasteiger partial charge in [-0.2, -0.15) is 0 Å². The van der Waals surface area contributed by atoms with Crippen LogP contribution in [0.4, 0.5) is 0 Å². The molecule has 0 fully saturated rings. The lowest BCUT2D eigenvalue weighted by atomic mass is 9.87. The van der Waals surface area contributed by atoms with Crippen molar-refractivity contribution in [1.29, 1.82) is 0 Å². The number of amidine groups is 1. The maximum atomic E-state index is 6.87. The van der Waals surface area contributed by atoms with Gasteiger partial charge in [-0.15, -0.1) is 0 Å². The van der Waals surface area contributed by atoms with Crippen LogP contribution in [0.25, 0.3) is 55.0 Å². The average Bonchev–Trinajstić information content (AvgIpc) is 3.87. The molecule has 9 aromatic rings. The summed E-state index contributed by atoms with van der Waals surface area (Å²) in [5.74, 6) is 0.798. The van der Waals surface area contributed by atoms with Gasteiger partial charge in [0, 0.05) is 45.0 Å². The summed E-state index contributed by atoms with van der Waals surface area (Å²) in [6.07, 6.45) is 0.676. The van der Waals surface area contributed by atoms with E-state index in [9.17, 15) is 0 Å². The summed E-state index contributed by atoms with van der Waals surface area (Å²) >= 11 is 0. The second-order valence-electron chi connectivity index (χ2n) is 13.6. The van der Waals surface area contributed by atoms with Gasteiger partial charge in [0.1, 0.15) is 22.3 Å². The first kappa shape index (κ1) is 28.3. The van der Waals surface area contributed by atoms with E-state index in [2.05, 4.69) is 133 Å². The third-order valence-electron chi connectivity index (χ3n) is 10.7. The Kier molecular flexibility index (Phi) is 6.11. The Labute approximate surface area is 294 Å². The Balaban J connectivity index is 1.09. The quantitative estimate of drug-likeness (QED) is 0.190. The van der Waals surface area contributed by atoms with Crippen molar-refractivity contribution in [2.45, 2.75) is 18.4 Å². The molecule has 0 N–H and O–H groups in total. The van der Waals surface area contributed by atoms with Crippen molar-refractivity contribution in [3.63, 3.8) is 0 Å². The molecule has 3 heterocycles. The number of para-hydroxylation sites is 2. The fraction of sp³-hybridized carbons (Fsp3) is 0.0638. The van der Waals surface area contributed by atoms with Gasteiger partial charge in [0.25, 0.3) is 0 Å². The van der Waals surface area contributed by atoms with E-state index in [1.165, 1.54) is 27.8 Å². The number of nitrogens with zero attached hydrogens (tertiary/aromatic N) is 2. The number of rotatable bonds is 4. The highest BCUT2D eigenvalue weighted by molar-refractivity contribution is 6.16. The fourth-order valence-electron chi connectivity index (χ4n) is 8.47. The Morgan fingerprint density at radius 1 is 0.471 bits per heavy atom. The van der Waals surface area contributed by atoms with Gasteiger partial charge in [0.05, 0.1) is 11.8 Å². The SMILES string of the molecule is c1ccc(C2=NC(c3ccc4c(c3)oc3ccccc34)=NC(c3cccc4oc5c(C6c7ccccc7-c7ccccc76)cccc5c34)C2)cc1. The molecule has 1 unspecified atom stereocenters. The Morgan fingerprint density at radius 3 is 1.96 bits per heavy atom. The maximum absolute atomic E-state index is 6.87. The molecule has 1 aliphatic heterocycles. The molecular formula is C47H30N2O2. The Bertz CT molecular complexity index is 2860. The second kappa shape index (κ2) is 11.0. The van der Waals surface area contributed by atoms with Crippen LogP contribution in [-0.4, -0.2) is 11.5 Å². The molecule has 0 amide bonds. The van der Waals surface area contributed by atoms with E-state index in [0.29, 0.717) is 12.3 Å². The van der Waals surface area contributed by atoms with Crippen LogP contribution < -0.4 is 0 Å². The van der Waals surface area contributed by atoms with Crippen LogP contribution in [0, 0.1) is 0 Å². The molecule has 0 bridgehead atoms. The summed E-state index contributed by atoms with van der Waals surface area (Å²) in [5, 5.41) is 4.43. The lowest BCUT2D eigenvalue weighted by Crippen LogP contribution is -2.17. The zero-order chi connectivity index (χ0) is 33.5. The van der Waals surface area contributed by atoms with Crippen LogP contribution in [0.1, 0.15) is 51.8 Å². The molecule has 0 radical (unpaired) electrons. The predicted octanol–water partition coefficient (Wildman–Crippen LogP) is 12.0. The van der Waals surface area contributed by atoms with E-state index < -0.39 is 0 Å². The summed E-state index contributed by atoms with van der Waals surface area (Å²) in [7, 11) is 0. The second-order valence-corrected chi connectivity index (χ2v) is 13.6. The summed E-state index contributed by atoms with van der Waals surface area (Å²) < 4.78 is 13.2. The third kappa shape index (κ3) is 4.33. The van der Waals surface area contributed by atoms with E-state index in [1.807, 2.05) is 24.3 Å². The standard InChI is InChI=1S/C47H30N2O2/c1-2-12-28(13-3-1)39-27-40(49-47(48-39)29-24-25-33-32-16-8-9-22-41(32)50-43(33)26-29)36-19-11-23-42-45(36)38-21-10-20-37(46(38)51-42)44-34-17-6-4-14-30(34)31-15-5-7-18-35(31)44/h1-26,40,44H,27H2. The van der Waals surface area contributed by atoms with Crippen LogP contribution in [-0.2, 0) is 0 Å². The number of benzene rings is 7. The highest BCUT2D eigenvalue weighted by Crippen LogP contribution is 2.50. The predicted molar refractivity (Wildman–Crippen MR) is 207 cm³/mol. The van der Waals surface area contributed by atoms with Crippen molar-refractivity contribution in [3.8, 4) is 11.1 Å². The summed E-state index contributed by atoms with van der Waals surface area (Å²) in [6, 6.07) is 55.4. The first-order chi connectivity index (χ1) is 25.3. The molecular weight excluding hydrogens is 625 g/mol. The molecule has 7 aromatic carbocycles. The Hall–Kier alpha value is -6.52. The Morgan fingerprint density at radius 2 is 1.12 bits per heavy atom. The van der Waals surface area contributed by atoms with Gasteiger partial charge in [0.15, 0.2) is 5.84 Å². The largest absolute Gasteiger partial charge is 0.456 e. The van der Waals surface area contributed by atoms with Crippen LogP contribution >= 0.6 is 0 Å². The van der Waals surface area contributed by atoms with Crippen LogP contribution in [0.15, 0.2) is 177 Å². The van der Waals surface area contributed by atoms with Crippen LogP contribution in [0.3, 0.4) is 0 Å². The van der Waals surface area contributed by atoms with Gasteiger partial charge in [-0.05, 0) is 57.6 Å². The van der Waals surface area contributed by atoms with E-state index >= 15 is 0 Å². The molecule has 1 atom stereocenters. The smallest absolute Gasteiger partial charge is 0.155 e. The molecule has 2 aliphatic rings. The molecule has 1 aliphatic carbocycles. The number of hydrogen-bond donors (Lipinski definition) is 0. The van der Waals surface area contributed by atoms with E-state index in [1.54, 1.807) is 0 Å². The van der Waals surface area contributed by atoms with E-state index in [0.717, 1.165) is 66.3 Å². The first-order valence-corrected chi connectivity index (χ1v) is 17.5. The molecule has 0 saturated heterocycles. The van der Waals surface area contributed by atoms with Crippen molar-refractivity contribution < 1.29 is 8.83 Å². The summed E-state index contributed by atoms with van der Waals surface area (Å²) in [5.41, 5.74) is 14.1. The molecule has 51 heavy (non-hydrogen) atoms. The molecule has 0 saturated carbocycles. The minimum absolute atomic E-state index is 0.0920. The molecule has 2 aromatic heterocycles. The highest BCUT2D eigenvalue weighted by atomic mass is 16.3. The summed E-state index contributed by atoms with van der Waals surface area (Å²) in [4.78, 5) is 10.6. The molecule has 0 spiro atoms. The van der Waals surface area contributed by atoms with Crippen LogP contribution in [0.2, 0.25) is 0 Å². The minimum Gasteiger partial charge on any atom is -0.456 e. The maximum Gasteiger partial charge on any atom is 0.155 e. The normalized spacial score (nSPS) is 15.7. The van der Waals surface area contributed by atoms with Gasteiger partial charge < -0.3 is 8.83 Å². The molecule has 4 nitrogen and oxygen atoms in total. The number of fused-ring (bicyclic) bond motifs is 9. The van der Waals surface area contributed by atoms with Gasteiger partial charge in [-0.1, -0.05) is 133 Å². The monoisotopic (exact) mass is 654 g/mol. The minimum atomic E-state index is -0.167. The van der Waals surface area contributed by atoms with Crippen molar-refractivity contribution >= 4 is 55.4 Å². The van der Waals surface area contributed by atoms with Gasteiger partial charge in [0.2, 0.25) is 0 Å². The van der Waals surface area contributed by atoms with Gasteiger partial charge in [-0.25, -0.2) is 4.99 Å². The third-order valence-corrected chi connectivity index (χ3v) is 10.7. The molecule has 11 rings (SSSR count). The van der Waals surface area contributed by atoms with Crippen molar-refractivity contribution in [1.82, 2.24) is 0 Å². The van der Waals surface area contributed by atoms with Crippen molar-refractivity contribution in [3.05, 3.63) is 191 Å². The van der Waals surface area contributed by atoms with Crippen LogP contribution in [0.5, 0.6) is 0 Å². The lowest BCUT2D eigenvalue weighted by Gasteiger charge is -2.22. The number of hydrogen-bond acceptors (Lipinski definition) is 4. The average molecular weight is 655 g/mol. The zero-order valence-electron chi connectivity index (χ0n) is 27.6.